The fourth-order valence-corrected chi connectivity index (χ4v) is 3.43. The maximum atomic E-state index is 9.33. The van der Waals surface area contributed by atoms with Gasteiger partial charge in [0.2, 0.25) is 0 Å². The summed E-state index contributed by atoms with van der Waals surface area (Å²) in [5, 5.41) is 13.0. The minimum atomic E-state index is 0.277. The molecule has 3 nitrogen and oxygen atoms in total. The zero-order valence-electron chi connectivity index (χ0n) is 13.5. The third-order valence-electron chi connectivity index (χ3n) is 4.35. The van der Waals surface area contributed by atoms with E-state index < -0.39 is 0 Å². The summed E-state index contributed by atoms with van der Waals surface area (Å²) in [6.07, 6.45) is 3.40. The molecule has 118 valence electrons. The Labute approximate surface area is 129 Å². The van der Waals surface area contributed by atoms with E-state index in [0.717, 1.165) is 19.5 Å². The van der Waals surface area contributed by atoms with Crippen LogP contribution in [-0.4, -0.2) is 41.8 Å². The molecule has 0 saturated carbocycles. The summed E-state index contributed by atoms with van der Waals surface area (Å²) in [5.41, 5.74) is 1.40. The van der Waals surface area contributed by atoms with Crippen molar-refractivity contribution < 1.29 is 5.11 Å². The lowest BCUT2D eigenvalue weighted by atomic mass is 9.88. The van der Waals surface area contributed by atoms with Crippen LogP contribution in [-0.2, 0) is 6.54 Å². The fraction of sp³-hybridized carbons (Fsp3) is 0.667. The summed E-state index contributed by atoms with van der Waals surface area (Å²) < 4.78 is 0. The van der Waals surface area contributed by atoms with Crippen LogP contribution >= 0.6 is 0 Å². The van der Waals surface area contributed by atoms with E-state index in [2.05, 4.69) is 54.4 Å². The molecule has 1 saturated heterocycles. The van der Waals surface area contributed by atoms with Gasteiger partial charge < -0.3 is 10.4 Å². The van der Waals surface area contributed by atoms with Gasteiger partial charge in [-0.2, -0.15) is 0 Å². The molecule has 1 aromatic rings. The number of aliphatic hydroxyl groups excluding tert-OH is 1. The first-order valence-electron chi connectivity index (χ1n) is 8.32. The van der Waals surface area contributed by atoms with Crippen LogP contribution in [0.25, 0.3) is 0 Å². The number of hydrogen-bond donors (Lipinski definition) is 2. The Bertz CT molecular complexity index is 393. The maximum Gasteiger partial charge on any atom is 0.0445 e. The molecule has 0 unspecified atom stereocenters. The molecule has 1 fully saturated rings. The molecule has 2 N–H and O–H groups in total. The molecular formula is C18H30N2O. The van der Waals surface area contributed by atoms with Crippen LogP contribution in [0.2, 0.25) is 0 Å². The molecule has 0 aliphatic carbocycles. The highest BCUT2D eigenvalue weighted by molar-refractivity contribution is 5.14. The van der Waals surface area contributed by atoms with Crippen LogP contribution in [0, 0.1) is 5.92 Å². The molecule has 1 aromatic carbocycles. The number of likely N-dealkylation sites (tertiary alicyclic amines) is 1. The lowest BCUT2D eigenvalue weighted by Crippen LogP contribution is -2.47. The number of rotatable bonds is 7. The van der Waals surface area contributed by atoms with E-state index in [0.29, 0.717) is 18.0 Å². The van der Waals surface area contributed by atoms with Crippen molar-refractivity contribution in [1.82, 2.24) is 10.2 Å². The van der Waals surface area contributed by atoms with E-state index >= 15 is 0 Å². The molecule has 1 aliphatic rings. The summed E-state index contributed by atoms with van der Waals surface area (Å²) in [6.45, 7) is 8.03. The summed E-state index contributed by atoms with van der Waals surface area (Å²) in [5.74, 6) is 0.650. The van der Waals surface area contributed by atoms with E-state index in [4.69, 9.17) is 0 Å². The third-order valence-corrected chi connectivity index (χ3v) is 4.35. The van der Waals surface area contributed by atoms with Gasteiger partial charge in [-0.25, -0.2) is 0 Å². The lowest BCUT2D eigenvalue weighted by molar-refractivity contribution is 0.124. The highest BCUT2D eigenvalue weighted by atomic mass is 16.3. The Hall–Kier alpha value is -0.900. The van der Waals surface area contributed by atoms with Crippen LogP contribution in [0.3, 0.4) is 0 Å². The molecule has 1 aliphatic heterocycles. The number of piperidine rings is 1. The van der Waals surface area contributed by atoms with Gasteiger partial charge in [0.05, 0.1) is 0 Å². The SMILES string of the molecule is CC(C)N[C@H](CCO)[C@H]1CCCN(Cc2ccccc2)C1. The van der Waals surface area contributed by atoms with Gasteiger partial charge in [-0.3, -0.25) is 4.90 Å². The van der Waals surface area contributed by atoms with E-state index in [1.165, 1.54) is 24.9 Å². The molecule has 0 radical (unpaired) electrons. The standard InChI is InChI=1S/C18H30N2O/c1-15(2)19-18(10-12-21)17-9-6-11-20(14-17)13-16-7-4-3-5-8-16/h3-5,7-8,15,17-19,21H,6,9-14H2,1-2H3/t17-,18+/m0/s1. The van der Waals surface area contributed by atoms with Crippen molar-refractivity contribution in [3.63, 3.8) is 0 Å². The molecule has 2 atom stereocenters. The zero-order valence-corrected chi connectivity index (χ0v) is 13.5. The van der Waals surface area contributed by atoms with Crippen molar-refractivity contribution in [2.45, 2.75) is 51.7 Å². The summed E-state index contributed by atoms with van der Waals surface area (Å²) in [6, 6.07) is 11.6. The van der Waals surface area contributed by atoms with Crippen molar-refractivity contribution in [3.05, 3.63) is 35.9 Å². The minimum absolute atomic E-state index is 0.277. The molecular weight excluding hydrogens is 260 g/mol. The van der Waals surface area contributed by atoms with Gasteiger partial charge in [-0.05, 0) is 37.3 Å². The van der Waals surface area contributed by atoms with Gasteiger partial charge in [-0.15, -0.1) is 0 Å². The first kappa shape index (κ1) is 16.5. The molecule has 0 spiro atoms. The largest absolute Gasteiger partial charge is 0.396 e. The van der Waals surface area contributed by atoms with Crippen LogP contribution in [0.1, 0.15) is 38.7 Å². The minimum Gasteiger partial charge on any atom is -0.396 e. The van der Waals surface area contributed by atoms with Crippen molar-refractivity contribution in [1.29, 1.82) is 0 Å². The molecule has 0 aromatic heterocycles. The molecule has 21 heavy (non-hydrogen) atoms. The topological polar surface area (TPSA) is 35.5 Å². The van der Waals surface area contributed by atoms with E-state index in [-0.39, 0.29) is 6.61 Å². The van der Waals surface area contributed by atoms with Crippen molar-refractivity contribution >= 4 is 0 Å². The summed E-state index contributed by atoms with van der Waals surface area (Å²) >= 11 is 0. The molecule has 3 heteroatoms. The van der Waals surface area contributed by atoms with Crippen LogP contribution < -0.4 is 5.32 Å². The van der Waals surface area contributed by atoms with Crippen LogP contribution in [0.5, 0.6) is 0 Å². The number of nitrogens with one attached hydrogen (secondary N) is 1. The number of nitrogens with zero attached hydrogens (tertiary/aromatic N) is 1. The van der Waals surface area contributed by atoms with Crippen LogP contribution in [0.4, 0.5) is 0 Å². The summed E-state index contributed by atoms with van der Waals surface area (Å²) in [4.78, 5) is 2.57. The van der Waals surface area contributed by atoms with Crippen LogP contribution in [0.15, 0.2) is 30.3 Å². The van der Waals surface area contributed by atoms with Crippen molar-refractivity contribution in [3.8, 4) is 0 Å². The molecule has 0 amide bonds. The Morgan fingerprint density at radius 1 is 1.29 bits per heavy atom. The number of hydrogen-bond acceptors (Lipinski definition) is 3. The zero-order chi connectivity index (χ0) is 15.1. The Morgan fingerprint density at radius 3 is 2.71 bits per heavy atom. The monoisotopic (exact) mass is 290 g/mol. The second-order valence-electron chi connectivity index (χ2n) is 6.56. The Balaban J connectivity index is 1.92. The average molecular weight is 290 g/mol. The van der Waals surface area contributed by atoms with Gasteiger partial charge >= 0.3 is 0 Å². The first-order chi connectivity index (χ1) is 10.2. The maximum absolute atomic E-state index is 9.33. The first-order valence-corrected chi connectivity index (χ1v) is 8.32. The van der Waals surface area contributed by atoms with E-state index in [1.807, 2.05) is 0 Å². The van der Waals surface area contributed by atoms with E-state index in [9.17, 15) is 5.11 Å². The normalized spacial score (nSPS) is 21.6. The summed E-state index contributed by atoms with van der Waals surface area (Å²) in [7, 11) is 0. The fourth-order valence-electron chi connectivity index (χ4n) is 3.43. The lowest BCUT2D eigenvalue weighted by Gasteiger charge is -2.38. The quantitative estimate of drug-likeness (QED) is 0.810. The van der Waals surface area contributed by atoms with Crippen molar-refractivity contribution in [2.75, 3.05) is 19.7 Å². The highest BCUT2D eigenvalue weighted by Crippen LogP contribution is 2.23. The van der Waals surface area contributed by atoms with Gasteiger partial charge in [0.1, 0.15) is 0 Å². The molecule has 0 bridgehead atoms. The van der Waals surface area contributed by atoms with Gasteiger partial charge in [-0.1, -0.05) is 44.2 Å². The van der Waals surface area contributed by atoms with Crippen molar-refractivity contribution in [2.24, 2.45) is 5.92 Å². The molecule has 2 rings (SSSR count). The predicted molar refractivity (Wildman–Crippen MR) is 88.2 cm³/mol. The number of benzene rings is 1. The second-order valence-corrected chi connectivity index (χ2v) is 6.56. The second kappa shape index (κ2) is 8.52. The Kier molecular flexibility index (Phi) is 6.68. The highest BCUT2D eigenvalue weighted by Gasteiger charge is 2.27. The average Bonchev–Trinajstić information content (AvgIpc) is 2.48. The predicted octanol–water partition coefficient (Wildman–Crippen LogP) is 2.65. The van der Waals surface area contributed by atoms with Gasteiger partial charge in [0.25, 0.3) is 0 Å². The van der Waals surface area contributed by atoms with Gasteiger partial charge in [0.15, 0.2) is 0 Å². The number of aliphatic hydroxyl groups is 1. The smallest absolute Gasteiger partial charge is 0.0445 e. The van der Waals surface area contributed by atoms with E-state index in [1.54, 1.807) is 0 Å². The van der Waals surface area contributed by atoms with Gasteiger partial charge in [0, 0.05) is 31.8 Å². The Morgan fingerprint density at radius 2 is 2.05 bits per heavy atom. The molecule has 1 heterocycles. The third kappa shape index (κ3) is 5.42.